The van der Waals surface area contributed by atoms with Crippen molar-refractivity contribution >= 4 is 22.8 Å². The predicted molar refractivity (Wildman–Crippen MR) is 102 cm³/mol. The van der Waals surface area contributed by atoms with Gasteiger partial charge in [-0.1, -0.05) is 47.2 Å². The fourth-order valence-corrected chi connectivity index (χ4v) is 3.97. The summed E-state index contributed by atoms with van der Waals surface area (Å²) in [5.41, 5.74) is 2.49. The number of aryl methyl sites for hydroxylation is 2. The third-order valence-corrected chi connectivity index (χ3v) is 5.22. The molecular formula is C20H19F3N2OS. The SMILES string of the molecule is Cc1cc(C)cc(C(=O)N2CCN=C2SCc2cccc(C(F)(F)F)c2)c1. The average molecular weight is 392 g/mol. The van der Waals surface area contributed by atoms with Crippen LogP contribution < -0.4 is 0 Å². The zero-order valence-electron chi connectivity index (χ0n) is 15.0. The van der Waals surface area contributed by atoms with Crippen molar-refractivity contribution in [1.29, 1.82) is 0 Å². The van der Waals surface area contributed by atoms with Crippen molar-refractivity contribution in [2.45, 2.75) is 25.8 Å². The fourth-order valence-electron chi connectivity index (χ4n) is 2.98. The third-order valence-electron chi connectivity index (χ3n) is 4.14. The Balaban J connectivity index is 1.71. The van der Waals surface area contributed by atoms with E-state index >= 15 is 0 Å². The van der Waals surface area contributed by atoms with Crippen LogP contribution in [-0.2, 0) is 11.9 Å². The molecule has 0 saturated carbocycles. The van der Waals surface area contributed by atoms with Gasteiger partial charge in [-0.05, 0) is 37.6 Å². The highest BCUT2D eigenvalue weighted by atomic mass is 32.2. The number of alkyl halides is 3. The highest BCUT2D eigenvalue weighted by Gasteiger charge is 2.30. The molecule has 3 rings (SSSR count). The van der Waals surface area contributed by atoms with Gasteiger partial charge in [-0.15, -0.1) is 0 Å². The lowest BCUT2D eigenvalue weighted by atomic mass is 10.1. The number of halogens is 3. The largest absolute Gasteiger partial charge is 0.416 e. The number of rotatable bonds is 3. The molecule has 142 valence electrons. The van der Waals surface area contributed by atoms with Gasteiger partial charge in [-0.25, -0.2) is 0 Å². The lowest BCUT2D eigenvalue weighted by Crippen LogP contribution is -2.33. The normalized spacial score (nSPS) is 14.4. The Morgan fingerprint density at radius 2 is 1.85 bits per heavy atom. The monoisotopic (exact) mass is 392 g/mol. The first kappa shape index (κ1) is 19.5. The van der Waals surface area contributed by atoms with Gasteiger partial charge in [0.25, 0.3) is 5.91 Å². The predicted octanol–water partition coefficient (Wildman–Crippen LogP) is 5.07. The minimum absolute atomic E-state index is 0.130. The number of aliphatic imine (C=N–C) groups is 1. The number of carbonyl (C=O) groups excluding carboxylic acids is 1. The van der Waals surface area contributed by atoms with E-state index in [1.165, 1.54) is 17.8 Å². The minimum atomic E-state index is -4.36. The fraction of sp³-hybridized carbons (Fsp3) is 0.300. The standard InChI is InChI=1S/C20H19F3N2OS/c1-13-8-14(2)10-16(9-13)18(26)25-7-6-24-19(25)27-12-15-4-3-5-17(11-15)20(21,22)23/h3-5,8-11H,6-7,12H2,1-2H3. The molecule has 27 heavy (non-hydrogen) atoms. The second kappa shape index (κ2) is 7.76. The Labute approximate surface area is 160 Å². The maximum absolute atomic E-state index is 12.8. The lowest BCUT2D eigenvalue weighted by Gasteiger charge is -2.18. The molecule has 1 amide bonds. The van der Waals surface area contributed by atoms with E-state index in [0.29, 0.717) is 35.1 Å². The molecule has 0 radical (unpaired) electrons. The van der Waals surface area contributed by atoms with Crippen LogP contribution in [0.3, 0.4) is 0 Å². The summed E-state index contributed by atoms with van der Waals surface area (Å²) >= 11 is 1.28. The van der Waals surface area contributed by atoms with Crippen LogP contribution in [-0.4, -0.2) is 29.1 Å². The number of amidine groups is 1. The Morgan fingerprint density at radius 1 is 1.15 bits per heavy atom. The van der Waals surface area contributed by atoms with Crippen LogP contribution >= 0.6 is 11.8 Å². The number of amides is 1. The molecule has 0 bridgehead atoms. The van der Waals surface area contributed by atoms with Crippen LogP contribution in [0.4, 0.5) is 13.2 Å². The van der Waals surface area contributed by atoms with Gasteiger partial charge in [0, 0.05) is 17.9 Å². The number of benzene rings is 2. The first-order valence-electron chi connectivity index (χ1n) is 8.47. The molecule has 0 fully saturated rings. The average Bonchev–Trinajstić information content (AvgIpc) is 3.06. The number of hydrogen-bond donors (Lipinski definition) is 0. The first-order valence-corrected chi connectivity index (χ1v) is 9.46. The molecule has 7 heteroatoms. The molecule has 0 unspecified atom stereocenters. The molecule has 0 atom stereocenters. The summed E-state index contributed by atoms with van der Waals surface area (Å²) < 4.78 is 38.5. The molecule has 3 nitrogen and oxygen atoms in total. The molecule has 0 saturated heterocycles. The van der Waals surface area contributed by atoms with E-state index in [0.717, 1.165) is 23.3 Å². The number of nitrogens with zero attached hydrogens (tertiary/aromatic N) is 2. The van der Waals surface area contributed by atoms with Gasteiger partial charge in [0.2, 0.25) is 0 Å². The van der Waals surface area contributed by atoms with Crippen LogP contribution in [0.25, 0.3) is 0 Å². The van der Waals surface area contributed by atoms with Crippen molar-refractivity contribution in [2.75, 3.05) is 13.1 Å². The van der Waals surface area contributed by atoms with Gasteiger partial charge in [-0.3, -0.25) is 14.7 Å². The van der Waals surface area contributed by atoms with E-state index in [9.17, 15) is 18.0 Å². The van der Waals surface area contributed by atoms with Crippen LogP contribution in [0.5, 0.6) is 0 Å². The first-order chi connectivity index (χ1) is 12.7. The van der Waals surface area contributed by atoms with Gasteiger partial charge in [0.1, 0.15) is 0 Å². The van der Waals surface area contributed by atoms with Gasteiger partial charge in [0.15, 0.2) is 5.17 Å². The number of carbonyl (C=O) groups is 1. The molecule has 1 heterocycles. The zero-order chi connectivity index (χ0) is 19.6. The van der Waals surface area contributed by atoms with Gasteiger partial charge in [0.05, 0.1) is 12.1 Å². The number of hydrogen-bond acceptors (Lipinski definition) is 3. The molecule has 2 aromatic carbocycles. The number of thioether (sulfide) groups is 1. The molecule has 2 aromatic rings. The second-order valence-electron chi connectivity index (χ2n) is 6.48. The van der Waals surface area contributed by atoms with Crippen LogP contribution in [0, 0.1) is 13.8 Å². The van der Waals surface area contributed by atoms with Gasteiger partial charge in [-0.2, -0.15) is 13.2 Å². The van der Waals surface area contributed by atoms with Crippen LogP contribution in [0.15, 0.2) is 47.5 Å². The molecular weight excluding hydrogens is 373 g/mol. The maximum Gasteiger partial charge on any atom is 0.416 e. The Kier molecular flexibility index (Phi) is 5.60. The Bertz CT molecular complexity index is 873. The summed E-state index contributed by atoms with van der Waals surface area (Å²) in [7, 11) is 0. The Hall–Kier alpha value is -2.28. The topological polar surface area (TPSA) is 32.7 Å². The van der Waals surface area contributed by atoms with E-state index in [1.807, 2.05) is 32.0 Å². The quantitative estimate of drug-likeness (QED) is 0.731. The molecule has 0 spiro atoms. The highest BCUT2D eigenvalue weighted by Crippen LogP contribution is 2.31. The maximum atomic E-state index is 12.8. The van der Waals surface area contributed by atoms with Crippen molar-refractivity contribution < 1.29 is 18.0 Å². The van der Waals surface area contributed by atoms with Crippen molar-refractivity contribution in [1.82, 2.24) is 4.90 Å². The zero-order valence-corrected chi connectivity index (χ0v) is 15.8. The van der Waals surface area contributed by atoms with E-state index in [1.54, 1.807) is 11.0 Å². The van der Waals surface area contributed by atoms with Crippen molar-refractivity contribution in [3.63, 3.8) is 0 Å². The summed E-state index contributed by atoms with van der Waals surface area (Å²) in [4.78, 5) is 18.8. The molecule has 0 aromatic heterocycles. The summed E-state index contributed by atoms with van der Waals surface area (Å²) in [6.45, 7) is 4.86. The Morgan fingerprint density at radius 3 is 2.52 bits per heavy atom. The smallest absolute Gasteiger partial charge is 0.286 e. The van der Waals surface area contributed by atoms with Gasteiger partial charge < -0.3 is 0 Å². The van der Waals surface area contributed by atoms with Crippen LogP contribution in [0.1, 0.15) is 32.6 Å². The lowest BCUT2D eigenvalue weighted by molar-refractivity contribution is -0.137. The van der Waals surface area contributed by atoms with E-state index < -0.39 is 11.7 Å². The van der Waals surface area contributed by atoms with Crippen LogP contribution in [0.2, 0.25) is 0 Å². The molecule has 0 aliphatic carbocycles. The summed E-state index contributed by atoms with van der Waals surface area (Å²) in [6, 6.07) is 10.9. The van der Waals surface area contributed by atoms with Crippen molar-refractivity contribution in [3.05, 3.63) is 70.3 Å². The van der Waals surface area contributed by atoms with Gasteiger partial charge >= 0.3 is 6.18 Å². The summed E-state index contributed by atoms with van der Waals surface area (Å²) in [5.74, 6) is 0.189. The van der Waals surface area contributed by atoms with E-state index in [4.69, 9.17) is 0 Å². The highest BCUT2D eigenvalue weighted by molar-refractivity contribution is 8.13. The van der Waals surface area contributed by atoms with E-state index in [-0.39, 0.29) is 5.91 Å². The summed E-state index contributed by atoms with van der Waals surface area (Å²) in [5, 5.41) is 0.552. The third kappa shape index (κ3) is 4.71. The minimum Gasteiger partial charge on any atom is -0.286 e. The van der Waals surface area contributed by atoms with Crippen molar-refractivity contribution in [2.24, 2.45) is 4.99 Å². The van der Waals surface area contributed by atoms with E-state index in [2.05, 4.69) is 4.99 Å². The molecule has 0 N–H and O–H groups in total. The second-order valence-corrected chi connectivity index (χ2v) is 7.43. The van der Waals surface area contributed by atoms with Crippen molar-refractivity contribution in [3.8, 4) is 0 Å². The summed E-state index contributed by atoms with van der Waals surface area (Å²) in [6.07, 6.45) is -4.36. The molecule has 1 aliphatic rings. The molecule has 1 aliphatic heterocycles.